The minimum absolute atomic E-state index is 0. The Morgan fingerprint density at radius 2 is 0.876 bits per heavy atom. The van der Waals surface area contributed by atoms with Gasteiger partial charge in [0.25, 0.3) is 0 Å². The highest BCUT2D eigenvalue weighted by molar-refractivity contribution is 9.10. The van der Waals surface area contributed by atoms with E-state index in [9.17, 15) is 9.59 Å². The van der Waals surface area contributed by atoms with Crippen LogP contribution in [0.3, 0.4) is 0 Å². The number of carbonyl (C=O) groups is 2. The molecule has 0 saturated carbocycles. The number of amides is 2. The summed E-state index contributed by atoms with van der Waals surface area (Å²) in [6, 6.07) is 33.0. The second-order valence-corrected chi connectivity index (χ2v) is 30.0. The van der Waals surface area contributed by atoms with Crippen molar-refractivity contribution in [3.63, 3.8) is 0 Å². The van der Waals surface area contributed by atoms with Crippen LogP contribution in [0.5, 0.6) is 0 Å². The number of halogens is 2. The summed E-state index contributed by atoms with van der Waals surface area (Å²) in [5, 5.41) is 17.3. The number of piperidine rings is 3. The van der Waals surface area contributed by atoms with E-state index in [-0.39, 0.29) is 47.9 Å². The predicted molar refractivity (Wildman–Crippen MR) is 386 cm³/mol. The van der Waals surface area contributed by atoms with Crippen LogP contribution in [0, 0.1) is 0 Å². The van der Waals surface area contributed by atoms with Gasteiger partial charge in [0.15, 0.2) is 0 Å². The van der Waals surface area contributed by atoms with Gasteiger partial charge >= 0.3 is 19.3 Å². The van der Waals surface area contributed by atoms with E-state index in [1.807, 2.05) is 123 Å². The summed E-state index contributed by atoms with van der Waals surface area (Å²) >= 11 is 3.58. The fourth-order valence-electron chi connectivity index (χ4n) is 13.9. The van der Waals surface area contributed by atoms with Crippen LogP contribution in [0.15, 0.2) is 151 Å². The normalized spacial score (nSPS) is 17.5. The number of fused-ring (bicyclic) bond motifs is 9. The number of carbonyl (C=O) groups excluding carboxylic acids is 2. The Hall–Kier alpha value is -8.01. The van der Waals surface area contributed by atoms with Crippen molar-refractivity contribution in [3.8, 4) is 55.6 Å². The molecule has 506 valence electrons. The zero-order valence-electron chi connectivity index (χ0n) is 57.4. The number of likely N-dealkylation sites (tertiary alicyclic amines) is 2. The highest BCUT2D eigenvalue weighted by Crippen LogP contribution is 2.45. The summed E-state index contributed by atoms with van der Waals surface area (Å²) in [6.45, 7) is 24.4. The molecule has 0 bridgehead atoms. The first kappa shape index (κ1) is 68.9. The number of rotatable bonds is 6. The van der Waals surface area contributed by atoms with Crippen molar-refractivity contribution >= 4 is 53.1 Å². The summed E-state index contributed by atoms with van der Waals surface area (Å²) in [6.07, 6.45) is 25.9. The fraction of sp³-hybridized carbons (Fsp3) is 0.421. The summed E-state index contributed by atoms with van der Waals surface area (Å²) in [5.41, 5.74) is 19.3. The predicted octanol–water partition coefficient (Wildman–Crippen LogP) is 15.1. The van der Waals surface area contributed by atoms with Gasteiger partial charge in [-0.3, -0.25) is 29.0 Å². The third-order valence-electron chi connectivity index (χ3n) is 19.6. The van der Waals surface area contributed by atoms with Crippen LogP contribution in [0.1, 0.15) is 160 Å². The maximum Gasteiger partial charge on any atom is 0.498 e. The van der Waals surface area contributed by atoms with E-state index in [0.29, 0.717) is 32.2 Å². The van der Waals surface area contributed by atoms with Crippen LogP contribution in [-0.2, 0) is 38.0 Å². The molecule has 10 heterocycles. The molecule has 4 aliphatic heterocycles. The van der Waals surface area contributed by atoms with E-state index in [1.165, 1.54) is 78.1 Å². The summed E-state index contributed by atoms with van der Waals surface area (Å²) in [5.74, 6) is 0. The number of nitrogens with one attached hydrogen (secondary N) is 1. The molecule has 21 heteroatoms. The standard InChI is InChI=1S/C25H28N4O2.C20H20N4.C19H32BN3O4.C12H8BrN.ClH/c1-25(2,3)31-24(30)28-12-9-19(10-13-28)29-16-18(15-27-29)21-8-11-26-22-14-17-6-4-5-7-20(17)23(21)22;1-2-4-17-14(3-1)11-19-20(17)18(7-10-22-19)15-12-23-24(13-15)16-5-8-21-9-6-16;1-17(2,3)25-16(24)22-10-8-15(9-11-22)23-13-14(12-21-23)20-26-18(4,5)19(6,7)27-20;13-10-5-6-14-11-7-8-3-1-2-4-9(8)12(10)11;/h4-8,11,15-16,19H,9-10,12-14H2,1-3H3;1-4,7,10,12-13,16,21H,5-6,8-9,11H2;12-13,15H,8-11H2,1-7H3;1-6H,7H2;1H. The monoisotopic (exact) mass is 1390 g/mol. The van der Waals surface area contributed by atoms with Crippen LogP contribution < -0.4 is 10.8 Å². The van der Waals surface area contributed by atoms with Gasteiger partial charge in [-0.05, 0) is 184 Å². The van der Waals surface area contributed by atoms with Gasteiger partial charge in [0.1, 0.15) is 11.2 Å². The highest BCUT2D eigenvalue weighted by atomic mass is 79.9. The average molecular weight is 1390 g/mol. The van der Waals surface area contributed by atoms with Gasteiger partial charge in [-0.15, -0.1) is 12.4 Å². The summed E-state index contributed by atoms with van der Waals surface area (Å²) in [7, 11) is -0.398. The third kappa shape index (κ3) is 15.2. The molecule has 4 saturated heterocycles. The Bertz CT molecular complexity index is 4270. The van der Waals surface area contributed by atoms with E-state index in [0.717, 1.165) is 92.1 Å². The largest absolute Gasteiger partial charge is 0.498 e. The first-order chi connectivity index (χ1) is 46.0. The lowest BCUT2D eigenvalue weighted by Gasteiger charge is -2.33. The topological polar surface area (TPSA) is 182 Å². The molecule has 3 aromatic carbocycles. The van der Waals surface area contributed by atoms with Crippen molar-refractivity contribution in [3.05, 3.63) is 185 Å². The number of hydrogen-bond acceptors (Lipinski definition) is 13. The maximum absolute atomic E-state index is 12.3. The second kappa shape index (κ2) is 28.5. The minimum Gasteiger partial charge on any atom is -0.444 e. The van der Waals surface area contributed by atoms with E-state index < -0.39 is 18.3 Å². The number of hydrogen-bond donors (Lipinski definition) is 1. The Labute approximate surface area is 585 Å². The third-order valence-corrected chi connectivity index (χ3v) is 20.3. The van der Waals surface area contributed by atoms with Crippen molar-refractivity contribution < 1.29 is 28.4 Å². The van der Waals surface area contributed by atoms with Gasteiger partial charge in [0, 0.05) is 127 Å². The summed E-state index contributed by atoms with van der Waals surface area (Å²) in [4.78, 5) is 41.8. The van der Waals surface area contributed by atoms with Gasteiger partial charge in [0.2, 0.25) is 0 Å². The molecule has 1 N–H and O–H groups in total. The molecule has 2 amide bonds. The Morgan fingerprint density at radius 3 is 1.31 bits per heavy atom. The Morgan fingerprint density at radius 1 is 0.505 bits per heavy atom. The van der Waals surface area contributed by atoms with E-state index >= 15 is 0 Å². The zero-order chi connectivity index (χ0) is 67.1. The van der Waals surface area contributed by atoms with Crippen molar-refractivity contribution in [1.82, 2.24) is 59.4 Å². The number of nitrogens with zero attached hydrogens (tertiary/aromatic N) is 11. The zero-order valence-corrected chi connectivity index (χ0v) is 59.8. The van der Waals surface area contributed by atoms with E-state index in [1.54, 1.807) is 9.80 Å². The molecule has 0 radical (unpaired) electrons. The summed E-state index contributed by atoms with van der Waals surface area (Å²) < 4.78 is 30.5. The maximum atomic E-state index is 12.3. The number of pyridine rings is 3. The van der Waals surface area contributed by atoms with Crippen LogP contribution in [-0.4, -0.2) is 135 Å². The Kier molecular flexibility index (Phi) is 20.2. The molecule has 97 heavy (non-hydrogen) atoms. The second-order valence-electron chi connectivity index (χ2n) is 29.1. The van der Waals surface area contributed by atoms with Crippen LogP contribution in [0.25, 0.3) is 55.6 Å². The van der Waals surface area contributed by atoms with Crippen LogP contribution in [0.4, 0.5) is 9.59 Å². The smallest absolute Gasteiger partial charge is 0.444 e. The molecule has 0 spiro atoms. The van der Waals surface area contributed by atoms with Gasteiger partial charge in [-0.1, -0.05) is 88.7 Å². The van der Waals surface area contributed by atoms with Gasteiger partial charge < -0.3 is 33.9 Å². The lowest BCUT2D eigenvalue weighted by atomic mass is 9.82. The molecule has 16 rings (SSSR count). The fourth-order valence-corrected chi connectivity index (χ4v) is 14.5. The molecule has 4 fully saturated rings. The molecule has 9 aromatic rings. The molecular formula is C76H89BBrClN12O6. The van der Waals surface area contributed by atoms with Gasteiger partial charge in [0.05, 0.1) is 58.8 Å². The molecule has 3 aliphatic carbocycles. The van der Waals surface area contributed by atoms with Crippen molar-refractivity contribution in [2.45, 2.75) is 168 Å². The Balaban J connectivity index is 0.000000126. The first-order valence-corrected chi connectivity index (χ1v) is 34.8. The minimum atomic E-state index is -0.465. The molecule has 6 aromatic heterocycles. The molecule has 7 aliphatic rings. The van der Waals surface area contributed by atoms with Crippen molar-refractivity contribution in [2.75, 3.05) is 39.3 Å². The van der Waals surface area contributed by atoms with Gasteiger partial charge in [-0.25, -0.2) is 9.59 Å². The van der Waals surface area contributed by atoms with E-state index in [4.69, 9.17) is 18.8 Å². The SMILES string of the molecule is Brc1ccnc2c1-c1ccccc1C2.CC(C)(C)OC(=O)N1CCC(n2cc(-c3ccnc4c3-c3ccccc3C4)cn2)CC1.CC(C)(C)OC(=O)N1CCC(n2cc(B3OC(C)(C)C(C)(C)O3)cn2)CC1.Cl.c1ccc2c(c1)Cc1nccc(-c3cnn(C4CCNCC4)c3)c1-2. The quantitative estimate of drug-likeness (QED) is 0.155. The lowest BCUT2D eigenvalue weighted by molar-refractivity contribution is 0.00578. The van der Waals surface area contributed by atoms with Crippen LogP contribution in [0.2, 0.25) is 0 Å². The van der Waals surface area contributed by atoms with Gasteiger partial charge in [-0.2, -0.15) is 15.3 Å². The molecule has 0 atom stereocenters. The van der Waals surface area contributed by atoms with Crippen molar-refractivity contribution in [1.29, 1.82) is 0 Å². The van der Waals surface area contributed by atoms with Crippen LogP contribution >= 0.6 is 28.3 Å². The average Bonchev–Trinajstić information content (AvgIpc) is 1.65. The number of ether oxygens (including phenoxy) is 2. The number of benzene rings is 3. The van der Waals surface area contributed by atoms with E-state index in [2.05, 4.69) is 158 Å². The first-order valence-electron chi connectivity index (χ1n) is 34.0. The lowest BCUT2D eigenvalue weighted by Crippen LogP contribution is -2.42. The molecular weight excluding hydrogens is 1300 g/mol. The molecule has 0 unspecified atom stereocenters. The molecule has 18 nitrogen and oxygen atoms in total. The highest BCUT2D eigenvalue weighted by Gasteiger charge is 2.52. The van der Waals surface area contributed by atoms with Crippen molar-refractivity contribution in [2.24, 2.45) is 0 Å². The number of aromatic nitrogens is 9.